The van der Waals surface area contributed by atoms with Gasteiger partial charge in [-0.05, 0) is 12.8 Å². The summed E-state index contributed by atoms with van der Waals surface area (Å²) in [6.45, 7) is -10.0. The van der Waals surface area contributed by atoms with Crippen molar-refractivity contribution in [2.24, 2.45) is 0 Å². The van der Waals surface area contributed by atoms with E-state index >= 15 is 0 Å². The van der Waals surface area contributed by atoms with Crippen molar-refractivity contribution in [1.29, 1.82) is 0 Å². The van der Waals surface area contributed by atoms with E-state index in [1.54, 1.807) is 0 Å². The van der Waals surface area contributed by atoms with Crippen LogP contribution in [0.4, 0.5) is 0 Å². The Morgan fingerprint density at radius 1 is 0.580 bits per heavy atom. The number of phosphoric acid groups is 1. The third kappa shape index (κ3) is 36.8. The van der Waals surface area contributed by atoms with Gasteiger partial charge in [0.25, 0.3) is 7.82 Å². The summed E-state index contributed by atoms with van der Waals surface area (Å²) in [4.78, 5) is 37.9. The zero-order valence-electron chi connectivity index (χ0n) is 40.9. The van der Waals surface area contributed by atoms with Gasteiger partial charge in [0.15, 0.2) is 6.10 Å². The Morgan fingerprint density at radius 2 is 0.960 bits per heavy atom. The SMILES string of the molecule is [2H]C([2H])([2H])[N+](CCOP(=O)([O-])OC[C@@H](COC(=O)CCCCCCCCCCCCCCC)OC(=O)CCCCCCCCCCCCCCC)(C([2H])([2H])[2H])C([2H])([2H])[2H]. The lowest BCUT2D eigenvalue weighted by Gasteiger charge is -2.28. The number of hydrogen-bond donors (Lipinski definition) is 0. The van der Waals surface area contributed by atoms with Crippen molar-refractivity contribution in [3.63, 3.8) is 0 Å². The maximum Gasteiger partial charge on any atom is 0.306 e. The minimum Gasteiger partial charge on any atom is -0.756 e. The van der Waals surface area contributed by atoms with Crippen LogP contribution in [0.25, 0.3) is 0 Å². The largest absolute Gasteiger partial charge is 0.756 e. The van der Waals surface area contributed by atoms with Crippen LogP contribution in [0.3, 0.4) is 0 Å². The maximum atomic E-state index is 12.7. The van der Waals surface area contributed by atoms with Gasteiger partial charge in [-0.3, -0.25) is 14.2 Å². The number of rotatable bonds is 38. The van der Waals surface area contributed by atoms with Gasteiger partial charge in [0.2, 0.25) is 0 Å². The fourth-order valence-corrected chi connectivity index (χ4v) is 6.42. The molecule has 0 saturated heterocycles. The number of unbranched alkanes of at least 4 members (excludes halogenated alkanes) is 24. The minimum atomic E-state index is -5.32. The highest BCUT2D eigenvalue weighted by Crippen LogP contribution is 2.38. The highest BCUT2D eigenvalue weighted by atomic mass is 31.2. The normalized spacial score (nSPS) is 17.1. The zero-order valence-corrected chi connectivity index (χ0v) is 32.8. The van der Waals surface area contributed by atoms with Gasteiger partial charge in [-0.2, -0.15) is 0 Å². The molecule has 0 saturated carbocycles. The molecular formula is C40H80NO8P. The molecule has 0 aromatic carbocycles. The Kier molecular flexibility index (Phi) is 23.5. The summed E-state index contributed by atoms with van der Waals surface area (Å²) in [6, 6.07) is 0. The van der Waals surface area contributed by atoms with Crippen LogP contribution < -0.4 is 4.89 Å². The van der Waals surface area contributed by atoms with Crippen molar-refractivity contribution >= 4 is 19.8 Å². The van der Waals surface area contributed by atoms with Crippen molar-refractivity contribution in [2.75, 3.05) is 47.3 Å². The van der Waals surface area contributed by atoms with Gasteiger partial charge in [-0.25, -0.2) is 0 Å². The van der Waals surface area contributed by atoms with Crippen molar-refractivity contribution < 1.29 is 54.4 Å². The molecule has 0 amide bonds. The second kappa shape index (κ2) is 33.8. The number of esters is 2. The number of quaternary nitrogens is 1. The average molecular weight is 743 g/mol. The molecule has 2 atom stereocenters. The van der Waals surface area contributed by atoms with E-state index < -0.39 is 77.6 Å². The lowest BCUT2D eigenvalue weighted by atomic mass is 10.0. The van der Waals surface area contributed by atoms with E-state index in [0.717, 1.165) is 51.4 Å². The lowest BCUT2D eigenvalue weighted by Crippen LogP contribution is -2.37. The predicted molar refractivity (Wildman–Crippen MR) is 204 cm³/mol. The van der Waals surface area contributed by atoms with E-state index in [1.165, 1.54) is 103 Å². The van der Waals surface area contributed by atoms with E-state index in [2.05, 4.69) is 13.8 Å². The molecule has 0 heterocycles. The van der Waals surface area contributed by atoms with Crippen LogP contribution in [0.1, 0.15) is 206 Å². The summed E-state index contributed by atoms with van der Waals surface area (Å²) in [5.41, 5.74) is 0. The highest BCUT2D eigenvalue weighted by Gasteiger charge is 2.21. The number of phosphoric ester groups is 1. The fraction of sp³-hybridized carbons (Fsp3) is 0.950. The Morgan fingerprint density at radius 3 is 1.36 bits per heavy atom. The monoisotopic (exact) mass is 743 g/mol. The molecule has 0 aliphatic heterocycles. The Balaban J connectivity index is 4.99. The number of hydrogen-bond acceptors (Lipinski definition) is 8. The summed E-state index contributed by atoms with van der Waals surface area (Å²) in [6.07, 6.45) is 28.6. The van der Waals surface area contributed by atoms with Gasteiger partial charge >= 0.3 is 11.9 Å². The van der Waals surface area contributed by atoms with Gasteiger partial charge < -0.3 is 27.9 Å². The molecule has 0 fully saturated rings. The van der Waals surface area contributed by atoms with Crippen LogP contribution in [-0.4, -0.2) is 69.8 Å². The molecule has 10 heteroatoms. The Hall–Kier alpha value is -0.990. The van der Waals surface area contributed by atoms with Crippen molar-refractivity contribution in [3.8, 4) is 0 Å². The molecule has 0 aromatic rings. The number of nitrogens with zero attached hydrogens (tertiary/aromatic N) is 1. The summed E-state index contributed by atoms with van der Waals surface area (Å²) < 4.78 is 99.7. The van der Waals surface area contributed by atoms with Crippen LogP contribution in [0, 0.1) is 0 Å². The van der Waals surface area contributed by atoms with E-state index in [9.17, 15) is 19.0 Å². The van der Waals surface area contributed by atoms with Gasteiger partial charge in [-0.1, -0.05) is 168 Å². The smallest absolute Gasteiger partial charge is 0.306 e. The summed E-state index contributed by atoms with van der Waals surface area (Å²) in [5.74, 6) is -1.17. The first-order chi connectivity index (χ1) is 27.7. The summed E-state index contributed by atoms with van der Waals surface area (Å²) >= 11 is 0. The molecule has 0 rings (SSSR count). The van der Waals surface area contributed by atoms with Crippen LogP contribution in [0.5, 0.6) is 0 Å². The highest BCUT2D eigenvalue weighted by molar-refractivity contribution is 7.45. The van der Waals surface area contributed by atoms with Crippen LogP contribution >= 0.6 is 7.82 Å². The number of ether oxygens (including phenoxy) is 2. The van der Waals surface area contributed by atoms with Gasteiger partial charge in [-0.15, -0.1) is 0 Å². The third-order valence-electron chi connectivity index (χ3n) is 8.79. The molecule has 0 aromatic heterocycles. The fourth-order valence-electron chi connectivity index (χ4n) is 5.69. The molecule has 9 nitrogen and oxygen atoms in total. The second-order valence-corrected chi connectivity index (χ2v) is 15.3. The number of carbonyl (C=O) groups is 2. The van der Waals surface area contributed by atoms with E-state index in [-0.39, 0.29) is 12.8 Å². The van der Waals surface area contributed by atoms with Crippen molar-refractivity contribution in [2.45, 2.75) is 200 Å². The number of likely N-dealkylation sites (N-methyl/N-ethyl adjacent to an activating group) is 1. The van der Waals surface area contributed by atoms with Crippen molar-refractivity contribution in [3.05, 3.63) is 0 Å². The molecule has 0 spiro atoms. The molecule has 0 aliphatic carbocycles. The Bertz CT molecular complexity index is 1090. The summed E-state index contributed by atoms with van der Waals surface area (Å²) in [5, 5.41) is 0. The van der Waals surface area contributed by atoms with Crippen molar-refractivity contribution in [1.82, 2.24) is 0 Å². The predicted octanol–water partition coefficient (Wildman–Crippen LogP) is 10.6. The molecule has 0 radical (unpaired) electrons. The first kappa shape index (κ1) is 34.8. The topological polar surface area (TPSA) is 111 Å². The van der Waals surface area contributed by atoms with E-state index in [4.69, 9.17) is 30.9 Å². The maximum absolute atomic E-state index is 12.7. The van der Waals surface area contributed by atoms with Crippen LogP contribution in [-0.2, 0) is 32.7 Å². The van der Waals surface area contributed by atoms with E-state index in [0.29, 0.717) is 12.8 Å². The number of carbonyl (C=O) groups excluding carboxylic acids is 2. The lowest BCUT2D eigenvalue weighted by molar-refractivity contribution is -0.870. The Labute approximate surface area is 321 Å². The first-order valence-electron chi connectivity index (χ1n) is 24.6. The molecular weight excluding hydrogens is 653 g/mol. The molecule has 50 heavy (non-hydrogen) atoms. The average Bonchev–Trinajstić information content (AvgIpc) is 3.13. The molecule has 0 bridgehead atoms. The minimum absolute atomic E-state index is 0.0616. The second-order valence-electron chi connectivity index (χ2n) is 13.9. The van der Waals surface area contributed by atoms with Crippen LogP contribution in [0.2, 0.25) is 0 Å². The van der Waals surface area contributed by atoms with Gasteiger partial charge in [0.1, 0.15) is 19.8 Å². The first-order valence-corrected chi connectivity index (χ1v) is 21.5. The van der Waals surface area contributed by atoms with E-state index in [1.807, 2.05) is 0 Å². The van der Waals surface area contributed by atoms with Crippen LogP contribution in [0.15, 0.2) is 0 Å². The molecule has 0 aliphatic rings. The van der Waals surface area contributed by atoms with Gasteiger partial charge in [0, 0.05) is 12.8 Å². The third-order valence-corrected chi connectivity index (χ3v) is 9.76. The molecule has 1 unspecified atom stereocenters. The molecule has 0 N–H and O–H groups in total. The zero-order chi connectivity index (χ0) is 44.7. The molecule has 298 valence electrons. The van der Waals surface area contributed by atoms with Gasteiger partial charge in [0.05, 0.1) is 39.9 Å². The standard InChI is InChI=1S/C40H80NO8P/c1-6-8-10-12-14-16-18-20-22-24-26-28-30-32-39(42)46-36-38(37-48-50(44,45)47-35-34-41(3,4)5)49-40(43)33-31-29-27-25-23-21-19-17-15-13-11-9-7-2/h38H,6-37H2,1-5H3/t38-/m1/s1/i3D3,4D3,5D3. The summed E-state index contributed by atoms with van der Waals surface area (Å²) in [7, 11) is -5.32. The quantitative estimate of drug-likeness (QED) is 0.0266.